The topological polar surface area (TPSA) is 18.5 Å². The van der Waals surface area contributed by atoms with Gasteiger partial charge < -0.3 is 9.47 Å². The molecule has 3 heteroatoms. The van der Waals surface area contributed by atoms with E-state index in [1.165, 1.54) is 32.1 Å². The van der Waals surface area contributed by atoms with Gasteiger partial charge in [0.05, 0.1) is 11.7 Å². The zero-order valence-corrected chi connectivity index (χ0v) is 12.4. The van der Waals surface area contributed by atoms with Crippen LogP contribution in [0.15, 0.2) is 0 Å². The number of halogens is 1. The first-order chi connectivity index (χ1) is 7.55. The summed E-state index contributed by atoms with van der Waals surface area (Å²) in [5, 5.41) is 0. The lowest BCUT2D eigenvalue weighted by atomic mass is 10.1. The van der Waals surface area contributed by atoms with E-state index in [0.29, 0.717) is 10.9 Å². The Bertz CT molecular complexity index is 194. The molecule has 2 nitrogen and oxygen atoms in total. The molecule has 0 aromatic rings. The van der Waals surface area contributed by atoms with Crippen LogP contribution >= 0.6 is 15.9 Å². The van der Waals surface area contributed by atoms with Crippen molar-refractivity contribution in [2.75, 3.05) is 13.7 Å². The van der Waals surface area contributed by atoms with Crippen molar-refractivity contribution in [1.29, 1.82) is 0 Å². The molecule has 96 valence electrons. The molecule has 2 atom stereocenters. The minimum Gasteiger partial charge on any atom is -0.379 e. The van der Waals surface area contributed by atoms with Crippen LogP contribution in [0.2, 0.25) is 0 Å². The first-order valence-electron chi connectivity index (χ1n) is 6.36. The Morgan fingerprint density at radius 3 is 2.56 bits per heavy atom. The quantitative estimate of drug-likeness (QED) is 0.565. The normalized spacial score (nSPS) is 27.8. The zero-order valence-electron chi connectivity index (χ0n) is 10.8. The summed E-state index contributed by atoms with van der Waals surface area (Å²) in [7, 11) is 1.76. The second-order valence-electron chi connectivity index (χ2n) is 5.28. The molecule has 2 unspecified atom stereocenters. The monoisotopic (exact) mass is 292 g/mol. The van der Waals surface area contributed by atoms with Crippen molar-refractivity contribution >= 4 is 15.9 Å². The average Bonchev–Trinajstić information content (AvgIpc) is 2.44. The van der Waals surface area contributed by atoms with Gasteiger partial charge in [-0.15, -0.1) is 0 Å². The van der Waals surface area contributed by atoms with E-state index in [1.54, 1.807) is 7.11 Å². The molecule has 0 bridgehead atoms. The molecule has 0 heterocycles. The van der Waals surface area contributed by atoms with Crippen LogP contribution in [0, 0.1) is 0 Å². The van der Waals surface area contributed by atoms with E-state index in [-0.39, 0.29) is 5.60 Å². The largest absolute Gasteiger partial charge is 0.379 e. The molecule has 16 heavy (non-hydrogen) atoms. The van der Waals surface area contributed by atoms with E-state index in [1.807, 2.05) is 0 Å². The van der Waals surface area contributed by atoms with E-state index in [0.717, 1.165) is 13.0 Å². The summed E-state index contributed by atoms with van der Waals surface area (Å²) < 4.78 is 11.4. The highest BCUT2D eigenvalue weighted by atomic mass is 79.9. The standard InChI is InChI=1S/C13H25BrO2/c1-13(2,15-3)9-10-16-12-8-6-4-5-7-11(12)14/h11-12H,4-10H2,1-3H3. The van der Waals surface area contributed by atoms with Crippen LogP contribution in [0.4, 0.5) is 0 Å². The highest BCUT2D eigenvalue weighted by Crippen LogP contribution is 2.26. The van der Waals surface area contributed by atoms with Crippen molar-refractivity contribution in [2.24, 2.45) is 0 Å². The molecule has 0 aromatic heterocycles. The van der Waals surface area contributed by atoms with Gasteiger partial charge in [-0.05, 0) is 33.1 Å². The molecule has 1 rings (SSSR count). The van der Waals surface area contributed by atoms with Gasteiger partial charge in [0.2, 0.25) is 0 Å². The summed E-state index contributed by atoms with van der Waals surface area (Å²) >= 11 is 3.75. The van der Waals surface area contributed by atoms with Crippen molar-refractivity contribution in [2.45, 2.75) is 68.9 Å². The summed E-state index contributed by atoms with van der Waals surface area (Å²) in [5.41, 5.74) is -0.0630. The number of alkyl halides is 1. The number of methoxy groups -OCH3 is 1. The maximum absolute atomic E-state index is 5.99. The Morgan fingerprint density at radius 2 is 1.88 bits per heavy atom. The fourth-order valence-corrected chi connectivity index (χ4v) is 2.71. The van der Waals surface area contributed by atoms with E-state index in [4.69, 9.17) is 9.47 Å². The lowest BCUT2D eigenvalue weighted by molar-refractivity contribution is -0.0278. The number of hydrogen-bond donors (Lipinski definition) is 0. The van der Waals surface area contributed by atoms with Crippen LogP contribution in [-0.4, -0.2) is 30.2 Å². The van der Waals surface area contributed by atoms with Crippen molar-refractivity contribution < 1.29 is 9.47 Å². The lowest BCUT2D eigenvalue weighted by Gasteiger charge is -2.26. The molecule has 0 aromatic carbocycles. The predicted octanol–water partition coefficient (Wildman–Crippen LogP) is 3.91. The van der Waals surface area contributed by atoms with Crippen LogP contribution in [0.3, 0.4) is 0 Å². The van der Waals surface area contributed by atoms with Crippen LogP contribution in [0.1, 0.15) is 52.4 Å². The molecule has 0 spiro atoms. The lowest BCUT2D eigenvalue weighted by Crippen LogP contribution is -2.28. The number of ether oxygens (including phenoxy) is 2. The third kappa shape index (κ3) is 5.15. The van der Waals surface area contributed by atoms with Gasteiger partial charge in [-0.2, -0.15) is 0 Å². The highest BCUT2D eigenvalue weighted by Gasteiger charge is 2.23. The van der Waals surface area contributed by atoms with E-state index in [2.05, 4.69) is 29.8 Å². The fourth-order valence-electron chi connectivity index (χ4n) is 1.97. The van der Waals surface area contributed by atoms with Gasteiger partial charge >= 0.3 is 0 Å². The summed E-state index contributed by atoms with van der Waals surface area (Å²) in [4.78, 5) is 0.542. The molecule has 0 N–H and O–H groups in total. The second kappa shape index (κ2) is 6.97. The minimum atomic E-state index is -0.0630. The Morgan fingerprint density at radius 1 is 1.19 bits per heavy atom. The summed E-state index contributed by atoms with van der Waals surface area (Å²) in [5.74, 6) is 0. The smallest absolute Gasteiger partial charge is 0.0700 e. The Labute approximate surface area is 108 Å². The van der Waals surface area contributed by atoms with Crippen molar-refractivity contribution in [1.82, 2.24) is 0 Å². The van der Waals surface area contributed by atoms with Gasteiger partial charge in [0.1, 0.15) is 0 Å². The molecule has 0 saturated heterocycles. The molecule has 0 aliphatic heterocycles. The third-order valence-electron chi connectivity index (χ3n) is 3.46. The minimum absolute atomic E-state index is 0.0630. The SMILES string of the molecule is COC(C)(C)CCOC1CCCCCC1Br. The van der Waals surface area contributed by atoms with Crippen molar-refractivity contribution in [3.05, 3.63) is 0 Å². The number of hydrogen-bond acceptors (Lipinski definition) is 2. The van der Waals surface area contributed by atoms with E-state index < -0.39 is 0 Å². The molecule has 0 amide bonds. The van der Waals surface area contributed by atoms with E-state index in [9.17, 15) is 0 Å². The van der Waals surface area contributed by atoms with E-state index >= 15 is 0 Å². The first kappa shape index (κ1) is 14.5. The third-order valence-corrected chi connectivity index (χ3v) is 4.51. The van der Waals surface area contributed by atoms with Gasteiger partial charge in [-0.3, -0.25) is 0 Å². The molecular formula is C13H25BrO2. The second-order valence-corrected chi connectivity index (χ2v) is 6.45. The van der Waals surface area contributed by atoms with Gasteiger partial charge in [0.25, 0.3) is 0 Å². The summed E-state index contributed by atoms with van der Waals surface area (Å²) in [6.45, 7) is 5.01. The highest BCUT2D eigenvalue weighted by molar-refractivity contribution is 9.09. The zero-order chi connectivity index (χ0) is 12.0. The van der Waals surface area contributed by atoms with Crippen LogP contribution in [-0.2, 0) is 9.47 Å². The fraction of sp³-hybridized carbons (Fsp3) is 1.00. The number of rotatable bonds is 5. The Kier molecular flexibility index (Phi) is 6.30. The molecule has 1 aliphatic carbocycles. The maximum atomic E-state index is 5.99. The van der Waals surface area contributed by atoms with Gasteiger partial charge in [0, 0.05) is 18.5 Å². The van der Waals surface area contributed by atoms with Crippen LogP contribution in [0.5, 0.6) is 0 Å². The van der Waals surface area contributed by atoms with Gasteiger partial charge in [-0.25, -0.2) is 0 Å². The van der Waals surface area contributed by atoms with Crippen molar-refractivity contribution in [3.8, 4) is 0 Å². The maximum Gasteiger partial charge on any atom is 0.0700 e. The van der Waals surface area contributed by atoms with Gasteiger partial charge in [0.15, 0.2) is 0 Å². The predicted molar refractivity (Wildman–Crippen MR) is 71.2 cm³/mol. The molecule has 1 fully saturated rings. The first-order valence-corrected chi connectivity index (χ1v) is 7.27. The van der Waals surface area contributed by atoms with Gasteiger partial charge in [-0.1, -0.05) is 35.2 Å². The van der Waals surface area contributed by atoms with Crippen LogP contribution in [0.25, 0.3) is 0 Å². The molecule has 0 radical (unpaired) electrons. The average molecular weight is 293 g/mol. The Hall–Kier alpha value is 0.400. The molecular weight excluding hydrogens is 268 g/mol. The van der Waals surface area contributed by atoms with Crippen molar-refractivity contribution in [3.63, 3.8) is 0 Å². The summed E-state index contributed by atoms with van der Waals surface area (Å²) in [6.07, 6.45) is 7.79. The molecule has 1 aliphatic rings. The Balaban J connectivity index is 2.25. The summed E-state index contributed by atoms with van der Waals surface area (Å²) in [6, 6.07) is 0. The van der Waals surface area contributed by atoms with Crippen LogP contribution < -0.4 is 0 Å². The molecule has 1 saturated carbocycles.